The molecule has 18 heavy (non-hydrogen) atoms. The van der Waals surface area contributed by atoms with Gasteiger partial charge in [0.1, 0.15) is 0 Å². The van der Waals surface area contributed by atoms with E-state index in [0.717, 1.165) is 19.4 Å². The van der Waals surface area contributed by atoms with Crippen molar-refractivity contribution < 1.29 is 4.74 Å². The van der Waals surface area contributed by atoms with Gasteiger partial charge in [-0.2, -0.15) is 0 Å². The number of rotatable bonds is 5. The summed E-state index contributed by atoms with van der Waals surface area (Å²) >= 11 is 3.62. The summed E-state index contributed by atoms with van der Waals surface area (Å²) in [5.74, 6) is 0. The first-order valence-corrected chi connectivity index (χ1v) is 7.61. The van der Waals surface area contributed by atoms with Crippen molar-refractivity contribution in [3.05, 3.63) is 34.3 Å². The maximum absolute atomic E-state index is 5.83. The molecule has 1 heterocycles. The van der Waals surface area contributed by atoms with Gasteiger partial charge in [-0.3, -0.25) is 0 Å². The van der Waals surface area contributed by atoms with Crippen LogP contribution in [0.4, 0.5) is 0 Å². The number of hydrogen-bond donors (Lipinski definition) is 1. The van der Waals surface area contributed by atoms with Crippen LogP contribution in [0, 0.1) is 0 Å². The molecule has 2 unspecified atom stereocenters. The van der Waals surface area contributed by atoms with E-state index in [0.29, 0.717) is 12.1 Å². The smallest absolute Gasteiger partial charge is 0.0590 e. The molecule has 1 N–H and O–H groups in total. The second-order valence-corrected chi connectivity index (χ2v) is 5.86. The predicted octanol–water partition coefficient (Wildman–Crippen LogP) is 3.54. The number of benzene rings is 1. The van der Waals surface area contributed by atoms with E-state index in [-0.39, 0.29) is 0 Å². The SMILES string of the molecule is CNC(Cc1ccccc1Br)CC1CCCCO1. The van der Waals surface area contributed by atoms with E-state index in [4.69, 9.17) is 4.74 Å². The summed E-state index contributed by atoms with van der Waals surface area (Å²) in [6.45, 7) is 0.941. The monoisotopic (exact) mass is 311 g/mol. The second-order valence-electron chi connectivity index (χ2n) is 5.01. The van der Waals surface area contributed by atoms with Crippen LogP contribution in [0.3, 0.4) is 0 Å². The van der Waals surface area contributed by atoms with Gasteiger partial charge in [0.15, 0.2) is 0 Å². The van der Waals surface area contributed by atoms with Gasteiger partial charge in [0.25, 0.3) is 0 Å². The Balaban J connectivity index is 1.90. The highest BCUT2D eigenvalue weighted by Gasteiger charge is 2.19. The van der Waals surface area contributed by atoms with E-state index in [1.165, 1.54) is 29.3 Å². The van der Waals surface area contributed by atoms with Crippen molar-refractivity contribution in [2.24, 2.45) is 0 Å². The summed E-state index contributed by atoms with van der Waals surface area (Å²) < 4.78 is 7.03. The minimum Gasteiger partial charge on any atom is -0.378 e. The molecule has 0 aromatic heterocycles. The molecule has 1 aliphatic rings. The number of likely N-dealkylation sites (N-methyl/N-ethyl adjacent to an activating group) is 1. The van der Waals surface area contributed by atoms with Gasteiger partial charge in [-0.1, -0.05) is 34.1 Å². The highest BCUT2D eigenvalue weighted by Crippen LogP contribution is 2.21. The second kappa shape index (κ2) is 7.27. The largest absolute Gasteiger partial charge is 0.378 e. The lowest BCUT2D eigenvalue weighted by atomic mass is 9.97. The van der Waals surface area contributed by atoms with Gasteiger partial charge in [0.05, 0.1) is 6.10 Å². The zero-order valence-electron chi connectivity index (χ0n) is 11.0. The van der Waals surface area contributed by atoms with Crippen LogP contribution in [0.2, 0.25) is 0 Å². The molecule has 2 atom stereocenters. The Kier molecular flexibility index (Phi) is 5.67. The van der Waals surface area contributed by atoms with Gasteiger partial charge in [-0.25, -0.2) is 0 Å². The Bertz CT molecular complexity index is 363. The van der Waals surface area contributed by atoms with Crippen molar-refractivity contribution in [3.63, 3.8) is 0 Å². The van der Waals surface area contributed by atoms with Crippen molar-refractivity contribution in [1.82, 2.24) is 5.32 Å². The van der Waals surface area contributed by atoms with Crippen LogP contribution in [-0.2, 0) is 11.2 Å². The molecule has 1 saturated heterocycles. The first-order chi connectivity index (χ1) is 8.79. The van der Waals surface area contributed by atoms with Crippen molar-refractivity contribution in [1.29, 1.82) is 0 Å². The molecule has 0 aliphatic carbocycles. The van der Waals surface area contributed by atoms with Gasteiger partial charge >= 0.3 is 0 Å². The summed E-state index contributed by atoms with van der Waals surface area (Å²) in [5, 5.41) is 3.42. The zero-order chi connectivity index (χ0) is 12.8. The third-order valence-electron chi connectivity index (χ3n) is 3.65. The first kappa shape index (κ1) is 14.0. The molecule has 2 nitrogen and oxygen atoms in total. The lowest BCUT2D eigenvalue weighted by Gasteiger charge is -2.27. The Morgan fingerprint density at radius 1 is 1.39 bits per heavy atom. The molecule has 1 aliphatic heterocycles. The highest BCUT2D eigenvalue weighted by atomic mass is 79.9. The first-order valence-electron chi connectivity index (χ1n) is 6.82. The minimum absolute atomic E-state index is 0.443. The summed E-state index contributed by atoms with van der Waals surface area (Å²) in [6, 6.07) is 8.96. The molecule has 1 aromatic rings. The minimum atomic E-state index is 0.443. The van der Waals surface area contributed by atoms with Gasteiger partial charge in [0, 0.05) is 17.1 Å². The number of hydrogen-bond acceptors (Lipinski definition) is 2. The number of ether oxygens (including phenoxy) is 1. The maximum Gasteiger partial charge on any atom is 0.0590 e. The lowest BCUT2D eigenvalue weighted by Crippen LogP contribution is -2.34. The quantitative estimate of drug-likeness (QED) is 0.898. The fourth-order valence-corrected chi connectivity index (χ4v) is 2.99. The van der Waals surface area contributed by atoms with Crippen molar-refractivity contribution in [2.45, 2.75) is 44.2 Å². The van der Waals surface area contributed by atoms with Crippen LogP contribution in [-0.4, -0.2) is 25.8 Å². The van der Waals surface area contributed by atoms with Crippen LogP contribution in [0.15, 0.2) is 28.7 Å². The molecule has 1 fully saturated rings. The van der Waals surface area contributed by atoms with Crippen LogP contribution < -0.4 is 5.32 Å². The Morgan fingerprint density at radius 3 is 2.89 bits per heavy atom. The molecule has 2 rings (SSSR count). The fourth-order valence-electron chi connectivity index (χ4n) is 2.54. The van der Waals surface area contributed by atoms with E-state index in [1.54, 1.807) is 0 Å². The third kappa shape index (κ3) is 4.08. The molecule has 1 aromatic carbocycles. The van der Waals surface area contributed by atoms with Gasteiger partial charge < -0.3 is 10.1 Å². The standard InChI is InChI=1S/C15H22BrNO/c1-17-13(11-14-7-4-5-9-18-14)10-12-6-2-3-8-15(12)16/h2-3,6,8,13-14,17H,4-5,7,9-11H2,1H3. The van der Waals surface area contributed by atoms with Gasteiger partial charge in [0.2, 0.25) is 0 Å². The van der Waals surface area contributed by atoms with Crippen LogP contribution in [0.5, 0.6) is 0 Å². The average molecular weight is 312 g/mol. The Labute approximate surface area is 118 Å². The predicted molar refractivity (Wildman–Crippen MR) is 78.9 cm³/mol. The number of nitrogens with one attached hydrogen (secondary N) is 1. The van der Waals surface area contributed by atoms with E-state index < -0.39 is 0 Å². The summed E-state index contributed by atoms with van der Waals surface area (Å²) in [5.41, 5.74) is 1.37. The Morgan fingerprint density at radius 2 is 2.22 bits per heavy atom. The molecule has 0 amide bonds. The van der Waals surface area contributed by atoms with Crippen molar-refractivity contribution in [3.8, 4) is 0 Å². The Hall–Kier alpha value is -0.380. The molecule has 3 heteroatoms. The lowest BCUT2D eigenvalue weighted by molar-refractivity contribution is 0.00568. The van der Waals surface area contributed by atoms with Gasteiger partial charge in [-0.15, -0.1) is 0 Å². The molecule has 0 spiro atoms. The van der Waals surface area contributed by atoms with E-state index in [2.05, 4.69) is 45.5 Å². The molecule has 0 radical (unpaired) electrons. The summed E-state index contributed by atoms with van der Waals surface area (Å²) in [6.07, 6.45) is 6.36. The normalized spacial score (nSPS) is 21.8. The molecular formula is C15H22BrNO. The number of halogens is 1. The molecule has 0 bridgehead atoms. The summed E-state index contributed by atoms with van der Waals surface area (Å²) in [4.78, 5) is 0. The van der Waals surface area contributed by atoms with E-state index >= 15 is 0 Å². The fraction of sp³-hybridized carbons (Fsp3) is 0.600. The van der Waals surface area contributed by atoms with Crippen LogP contribution in [0.25, 0.3) is 0 Å². The van der Waals surface area contributed by atoms with E-state index in [9.17, 15) is 0 Å². The van der Waals surface area contributed by atoms with Crippen LogP contribution >= 0.6 is 15.9 Å². The van der Waals surface area contributed by atoms with Crippen molar-refractivity contribution in [2.75, 3.05) is 13.7 Å². The van der Waals surface area contributed by atoms with Gasteiger partial charge in [-0.05, 0) is 50.8 Å². The topological polar surface area (TPSA) is 21.3 Å². The zero-order valence-corrected chi connectivity index (χ0v) is 12.6. The summed E-state index contributed by atoms with van der Waals surface area (Å²) in [7, 11) is 2.05. The molecule has 100 valence electrons. The molecular weight excluding hydrogens is 290 g/mol. The molecule has 0 saturated carbocycles. The average Bonchev–Trinajstić information content (AvgIpc) is 2.41. The van der Waals surface area contributed by atoms with E-state index in [1.807, 2.05) is 7.05 Å². The van der Waals surface area contributed by atoms with Crippen molar-refractivity contribution >= 4 is 15.9 Å². The van der Waals surface area contributed by atoms with Crippen LogP contribution in [0.1, 0.15) is 31.2 Å². The highest BCUT2D eigenvalue weighted by molar-refractivity contribution is 9.10. The third-order valence-corrected chi connectivity index (χ3v) is 4.43. The maximum atomic E-state index is 5.83.